The minimum absolute atomic E-state index is 0.208. The second-order valence-corrected chi connectivity index (χ2v) is 7.40. The predicted molar refractivity (Wildman–Crippen MR) is 99.8 cm³/mol. The Morgan fingerprint density at radius 1 is 0.935 bits per heavy atom. The van der Waals surface area contributed by atoms with Crippen molar-refractivity contribution in [2.45, 2.75) is 74.3 Å². The van der Waals surface area contributed by atoms with E-state index in [2.05, 4.69) is 6.58 Å². The first kappa shape index (κ1) is 26.0. The van der Waals surface area contributed by atoms with Crippen LogP contribution in [0.5, 0.6) is 0 Å². The highest BCUT2D eigenvalue weighted by Gasteiger charge is 2.50. The van der Waals surface area contributed by atoms with Crippen molar-refractivity contribution < 1.29 is 59.9 Å². The van der Waals surface area contributed by atoms with E-state index in [1.165, 1.54) is 0 Å². The fourth-order valence-corrected chi connectivity index (χ4v) is 3.43. The Labute approximate surface area is 178 Å². The van der Waals surface area contributed by atoms with E-state index in [-0.39, 0.29) is 5.91 Å². The minimum atomic E-state index is -1.74. The van der Waals surface area contributed by atoms with Crippen LogP contribution in [0.15, 0.2) is 12.8 Å². The van der Waals surface area contributed by atoms with Crippen LogP contribution in [-0.2, 0) is 19.0 Å². The molecule has 3 saturated heterocycles. The lowest BCUT2D eigenvalue weighted by Crippen LogP contribution is -2.64. The average Bonchev–Trinajstić information content (AvgIpc) is 3.19. The van der Waals surface area contributed by atoms with Crippen molar-refractivity contribution in [1.29, 1.82) is 0 Å². The number of nitrogens with zero attached hydrogens (tertiary/aromatic N) is 1. The summed E-state index contributed by atoms with van der Waals surface area (Å²) in [4.78, 5) is 12.3. The molecule has 31 heavy (non-hydrogen) atoms. The predicted octanol–water partition coefficient (Wildman–Crippen LogP) is -4.64. The van der Waals surface area contributed by atoms with Gasteiger partial charge in [-0.2, -0.15) is 0 Å². The van der Waals surface area contributed by atoms with E-state index in [9.17, 15) is 40.5 Å². The molecule has 0 radical (unpaired) electrons. The minimum Gasteiger partial charge on any atom is -0.394 e. The van der Waals surface area contributed by atoms with Crippen molar-refractivity contribution in [3.05, 3.63) is 12.8 Å². The van der Waals surface area contributed by atoms with Crippen molar-refractivity contribution in [3.8, 4) is 0 Å². The third-order valence-electron chi connectivity index (χ3n) is 5.31. The average molecular weight is 453 g/mol. The van der Waals surface area contributed by atoms with E-state index in [0.717, 1.165) is 13.0 Å². The smallest absolute Gasteiger partial charge is 0.226 e. The summed E-state index contributed by atoms with van der Waals surface area (Å²) < 4.78 is 15.3. The van der Waals surface area contributed by atoms with E-state index in [1.807, 2.05) is 0 Å². The first-order valence-electron chi connectivity index (χ1n) is 9.84. The van der Waals surface area contributed by atoms with E-state index in [0.29, 0.717) is 6.42 Å². The first-order valence-corrected chi connectivity index (χ1v) is 9.84. The summed E-state index contributed by atoms with van der Waals surface area (Å²) in [7, 11) is 0. The highest BCUT2D eigenvalue weighted by atomic mass is 16.7. The highest BCUT2D eigenvalue weighted by molar-refractivity contribution is 5.78. The van der Waals surface area contributed by atoms with Gasteiger partial charge in [0.05, 0.1) is 13.2 Å². The van der Waals surface area contributed by atoms with Crippen molar-refractivity contribution in [1.82, 2.24) is 4.90 Å². The molecule has 0 saturated carbocycles. The van der Waals surface area contributed by atoms with Gasteiger partial charge >= 0.3 is 0 Å². The topological polar surface area (TPSA) is 210 Å². The second kappa shape index (κ2) is 11.6. The number of ether oxygens (including phenoxy) is 3. The number of amides is 1. The van der Waals surface area contributed by atoms with E-state index in [4.69, 9.17) is 19.3 Å². The largest absolute Gasteiger partial charge is 0.394 e. The van der Waals surface area contributed by atoms with Crippen LogP contribution in [0.3, 0.4) is 0 Å². The van der Waals surface area contributed by atoms with Crippen LogP contribution in [0.2, 0.25) is 0 Å². The summed E-state index contributed by atoms with van der Waals surface area (Å²) in [6.45, 7) is 3.02. The number of hydrogen-bond donors (Lipinski definition) is 8. The fourth-order valence-electron chi connectivity index (χ4n) is 3.43. The zero-order valence-corrected chi connectivity index (χ0v) is 16.8. The molecule has 13 heteroatoms. The molecule has 0 aromatic rings. The van der Waals surface area contributed by atoms with Gasteiger partial charge < -0.3 is 60.0 Å². The van der Waals surface area contributed by atoms with Crippen molar-refractivity contribution >= 4 is 5.91 Å². The molecule has 3 rings (SSSR count). The standard InChI is InChI=1S/C12H22O11.C6H9NO/c13-1-3-5(15)6(16)9(19)12(22-3)23-10-4(2-14)21-11(20)8(18)7(10)17;1-2-7-5-3-4-6(7)8/h3-20H,1-2H2;2H,1,3-5H2. The maximum Gasteiger partial charge on any atom is 0.226 e. The zero-order chi connectivity index (χ0) is 23.3. The van der Waals surface area contributed by atoms with Gasteiger partial charge in [0.25, 0.3) is 0 Å². The zero-order valence-electron chi connectivity index (χ0n) is 16.8. The van der Waals surface area contributed by atoms with Crippen LogP contribution in [-0.4, -0.2) is 133 Å². The molecule has 3 aliphatic rings. The molecule has 3 aliphatic heterocycles. The van der Waals surface area contributed by atoms with Crippen molar-refractivity contribution in [2.75, 3.05) is 19.8 Å². The normalized spacial score (nSPS) is 43.4. The maximum absolute atomic E-state index is 10.7. The van der Waals surface area contributed by atoms with Gasteiger partial charge in [-0.3, -0.25) is 4.79 Å². The summed E-state index contributed by atoms with van der Waals surface area (Å²) in [5.41, 5.74) is 0. The Morgan fingerprint density at radius 3 is 2.06 bits per heavy atom. The molecule has 10 atom stereocenters. The van der Waals surface area contributed by atoms with Gasteiger partial charge in [0.2, 0.25) is 5.91 Å². The molecule has 1 amide bonds. The fraction of sp³-hybridized carbons (Fsp3) is 0.833. The number of aliphatic hydroxyl groups excluding tert-OH is 8. The van der Waals surface area contributed by atoms with E-state index < -0.39 is 74.6 Å². The molecule has 0 bridgehead atoms. The van der Waals surface area contributed by atoms with Gasteiger partial charge in [0.15, 0.2) is 12.6 Å². The first-order chi connectivity index (χ1) is 14.7. The number of hydrogen-bond acceptors (Lipinski definition) is 12. The van der Waals surface area contributed by atoms with Crippen molar-refractivity contribution in [2.24, 2.45) is 0 Å². The summed E-state index contributed by atoms with van der Waals surface area (Å²) in [6, 6.07) is 0. The molecule has 0 aromatic heterocycles. The lowest BCUT2D eigenvalue weighted by atomic mass is 9.97. The molecule has 3 fully saturated rings. The molecular formula is C18H31NO12. The number of likely N-dealkylation sites (tertiary alicyclic amines) is 1. The van der Waals surface area contributed by atoms with Gasteiger partial charge in [-0.1, -0.05) is 6.58 Å². The third kappa shape index (κ3) is 5.97. The number of aliphatic hydroxyl groups is 8. The second-order valence-electron chi connectivity index (χ2n) is 7.40. The van der Waals surface area contributed by atoms with Crippen LogP contribution < -0.4 is 0 Å². The van der Waals surface area contributed by atoms with Crippen molar-refractivity contribution in [3.63, 3.8) is 0 Å². The molecule has 0 aliphatic carbocycles. The van der Waals surface area contributed by atoms with E-state index >= 15 is 0 Å². The monoisotopic (exact) mass is 453 g/mol. The Hall–Kier alpha value is -1.23. The van der Waals surface area contributed by atoms with Gasteiger partial charge in [0, 0.05) is 13.0 Å². The number of rotatable bonds is 5. The van der Waals surface area contributed by atoms with Crippen LogP contribution in [0.1, 0.15) is 12.8 Å². The maximum atomic E-state index is 10.7. The summed E-state index contributed by atoms with van der Waals surface area (Å²) >= 11 is 0. The molecule has 10 unspecified atom stereocenters. The van der Waals surface area contributed by atoms with E-state index in [1.54, 1.807) is 11.1 Å². The SMILES string of the molecule is C=CN1CCCC1=O.OCC1OC(OC2C(CO)OC(O)C(O)C2O)C(O)C(O)C1O. The lowest BCUT2D eigenvalue weighted by molar-refractivity contribution is -0.355. The highest BCUT2D eigenvalue weighted by Crippen LogP contribution is 2.28. The Bertz CT molecular complexity index is 590. The van der Waals surface area contributed by atoms with Crippen LogP contribution >= 0.6 is 0 Å². The molecule has 0 aromatic carbocycles. The summed E-state index contributed by atoms with van der Waals surface area (Å²) in [5.74, 6) is 0.208. The van der Waals surface area contributed by atoms with Crippen LogP contribution in [0.4, 0.5) is 0 Å². The van der Waals surface area contributed by atoms with Gasteiger partial charge in [-0.25, -0.2) is 0 Å². The summed E-state index contributed by atoms with van der Waals surface area (Å²) in [5, 5.41) is 76.5. The number of carbonyl (C=O) groups excluding carboxylic acids is 1. The lowest BCUT2D eigenvalue weighted by Gasteiger charge is -2.45. The molecule has 180 valence electrons. The summed E-state index contributed by atoms with van der Waals surface area (Å²) in [6.07, 6.45) is -12.3. The van der Waals surface area contributed by atoms with Crippen LogP contribution in [0, 0.1) is 0 Å². The molecule has 3 heterocycles. The quantitative estimate of drug-likeness (QED) is 0.198. The molecular weight excluding hydrogens is 422 g/mol. The number of carbonyl (C=O) groups is 1. The Balaban J connectivity index is 0.000000357. The van der Waals surface area contributed by atoms with Gasteiger partial charge in [-0.15, -0.1) is 0 Å². The molecule has 8 N–H and O–H groups in total. The third-order valence-corrected chi connectivity index (χ3v) is 5.31. The molecule has 0 spiro atoms. The van der Waals surface area contributed by atoms with Crippen LogP contribution in [0.25, 0.3) is 0 Å². The van der Waals surface area contributed by atoms with Gasteiger partial charge in [-0.05, 0) is 12.6 Å². The molecule has 13 nitrogen and oxygen atoms in total. The Morgan fingerprint density at radius 2 is 1.58 bits per heavy atom. The van der Waals surface area contributed by atoms with Gasteiger partial charge in [0.1, 0.15) is 48.8 Å². The Kier molecular flexibility index (Phi) is 9.72.